The molecule has 0 rings (SSSR count). The van der Waals surface area contributed by atoms with Gasteiger partial charge in [0.25, 0.3) is 0 Å². The van der Waals surface area contributed by atoms with E-state index >= 15 is 0 Å². The van der Waals surface area contributed by atoms with Crippen LogP contribution in [-0.2, 0) is 28.6 Å². The van der Waals surface area contributed by atoms with Crippen molar-refractivity contribution in [2.45, 2.75) is 400 Å². The first kappa shape index (κ1) is 73.4. The zero-order chi connectivity index (χ0) is 54.6. The highest BCUT2D eigenvalue weighted by atomic mass is 16.6. The van der Waals surface area contributed by atoms with Gasteiger partial charge in [0.2, 0.25) is 0 Å². The number of carbonyl (C=O) groups is 3. The zero-order valence-electron chi connectivity index (χ0n) is 51.7. The average molecular weight is 1060 g/mol. The van der Waals surface area contributed by atoms with Crippen LogP contribution in [0.4, 0.5) is 0 Å². The number of hydrogen-bond acceptors (Lipinski definition) is 6. The van der Waals surface area contributed by atoms with E-state index in [4.69, 9.17) is 14.2 Å². The number of ether oxygens (including phenoxy) is 3. The van der Waals surface area contributed by atoms with E-state index in [1.165, 1.54) is 283 Å². The maximum atomic E-state index is 12.9. The molecule has 0 N–H and O–H groups in total. The van der Waals surface area contributed by atoms with E-state index in [-0.39, 0.29) is 31.1 Å². The molecule has 1 atom stereocenters. The van der Waals surface area contributed by atoms with E-state index in [2.05, 4.69) is 34.6 Å². The monoisotopic (exact) mass is 1060 g/mol. The number of esters is 3. The summed E-state index contributed by atoms with van der Waals surface area (Å²) in [6.45, 7) is 11.5. The van der Waals surface area contributed by atoms with Crippen LogP contribution in [-0.4, -0.2) is 37.2 Å². The molecule has 0 radical (unpaired) electrons. The molecule has 75 heavy (non-hydrogen) atoms. The minimum absolute atomic E-state index is 0.0613. The predicted octanol–water partition coefficient (Wildman–Crippen LogP) is 23.2. The second kappa shape index (κ2) is 61.6. The van der Waals surface area contributed by atoms with Gasteiger partial charge in [0.05, 0.1) is 0 Å². The molecule has 0 aliphatic carbocycles. The highest BCUT2D eigenvalue weighted by molar-refractivity contribution is 5.71. The van der Waals surface area contributed by atoms with Gasteiger partial charge in [-0.15, -0.1) is 0 Å². The molecule has 0 saturated heterocycles. The topological polar surface area (TPSA) is 78.9 Å². The van der Waals surface area contributed by atoms with Gasteiger partial charge < -0.3 is 14.2 Å². The summed E-state index contributed by atoms with van der Waals surface area (Å²) in [5.74, 6) is 0.878. The lowest BCUT2D eigenvalue weighted by Crippen LogP contribution is -2.30. The third-order valence-corrected chi connectivity index (χ3v) is 16.0. The first-order valence-electron chi connectivity index (χ1n) is 34.2. The molecule has 446 valence electrons. The van der Waals surface area contributed by atoms with Crippen LogP contribution in [0.3, 0.4) is 0 Å². The van der Waals surface area contributed by atoms with Crippen LogP contribution in [0.1, 0.15) is 394 Å². The Kier molecular flexibility index (Phi) is 60.3. The van der Waals surface area contributed by atoms with Crippen molar-refractivity contribution in [3.8, 4) is 0 Å². The molecule has 6 heteroatoms. The highest BCUT2D eigenvalue weighted by Gasteiger charge is 2.20. The van der Waals surface area contributed by atoms with Crippen LogP contribution >= 0.6 is 0 Å². The predicted molar refractivity (Wildman–Crippen MR) is 326 cm³/mol. The van der Waals surface area contributed by atoms with Gasteiger partial charge in [0.1, 0.15) is 13.2 Å². The van der Waals surface area contributed by atoms with Crippen LogP contribution < -0.4 is 0 Å². The molecule has 0 spiro atoms. The van der Waals surface area contributed by atoms with Crippen LogP contribution in [0.15, 0.2) is 0 Å². The number of unbranched alkanes of at least 4 members (excludes halogenated alkanes) is 48. The highest BCUT2D eigenvalue weighted by Crippen LogP contribution is 2.20. The van der Waals surface area contributed by atoms with E-state index in [9.17, 15) is 14.4 Å². The summed E-state index contributed by atoms with van der Waals surface area (Å²) in [4.78, 5) is 38.4. The Morgan fingerprint density at radius 2 is 0.440 bits per heavy atom. The van der Waals surface area contributed by atoms with Gasteiger partial charge in [-0.25, -0.2) is 0 Å². The molecule has 0 aromatic carbocycles. The van der Waals surface area contributed by atoms with Gasteiger partial charge in [-0.3, -0.25) is 14.4 Å². The summed E-state index contributed by atoms with van der Waals surface area (Å²) in [5.41, 5.74) is 0. The van der Waals surface area contributed by atoms with Gasteiger partial charge in [-0.05, 0) is 31.1 Å². The van der Waals surface area contributed by atoms with Crippen LogP contribution in [0, 0.1) is 11.8 Å². The van der Waals surface area contributed by atoms with Crippen molar-refractivity contribution in [3.05, 3.63) is 0 Å². The lowest BCUT2D eigenvalue weighted by molar-refractivity contribution is -0.167. The standard InChI is InChI=1S/C69H134O6/c1-6-7-8-9-10-11-12-13-14-15-16-21-24-31-36-41-46-51-56-61-69(72)75-66(63-74-68(71)60-55-50-45-40-35-30-26-25-28-33-38-43-48-53-58-65(4)5)62-73-67(70)59-54-49-44-39-34-29-23-20-18-17-19-22-27-32-37-42-47-52-57-64(2)3/h64-66H,6-63H2,1-5H3/t66-/m1/s1. The zero-order valence-corrected chi connectivity index (χ0v) is 51.7. The Bertz CT molecular complexity index is 1150. The Labute approximate surface area is 469 Å². The van der Waals surface area contributed by atoms with Crippen molar-refractivity contribution < 1.29 is 28.6 Å². The Morgan fingerprint density at radius 3 is 0.653 bits per heavy atom. The van der Waals surface area contributed by atoms with Crippen LogP contribution in [0.5, 0.6) is 0 Å². The van der Waals surface area contributed by atoms with E-state index < -0.39 is 6.10 Å². The third-order valence-electron chi connectivity index (χ3n) is 16.0. The van der Waals surface area contributed by atoms with Crippen molar-refractivity contribution in [1.29, 1.82) is 0 Å². The maximum Gasteiger partial charge on any atom is 0.306 e. The quantitative estimate of drug-likeness (QED) is 0.0343. The van der Waals surface area contributed by atoms with Crippen molar-refractivity contribution in [1.82, 2.24) is 0 Å². The Hall–Kier alpha value is -1.59. The smallest absolute Gasteiger partial charge is 0.306 e. The number of hydrogen-bond donors (Lipinski definition) is 0. The third kappa shape index (κ3) is 63.1. The molecule has 0 saturated carbocycles. The fourth-order valence-electron chi connectivity index (χ4n) is 10.8. The van der Waals surface area contributed by atoms with Crippen molar-refractivity contribution in [2.24, 2.45) is 11.8 Å². The second-order valence-corrected chi connectivity index (χ2v) is 24.8. The molecule has 0 unspecified atom stereocenters. The van der Waals surface area contributed by atoms with E-state index in [0.29, 0.717) is 19.3 Å². The first-order valence-corrected chi connectivity index (χ1v) is 34.2. The van der Waals surface area contributed by atoms with Gasteiger partial charge in [0.15, 0.2) is 6.10 Å². The van der Waals surface area contributed by atoms with E-state index in [1.807, 2.05) is 0 Å². The summed E-state index contributed by atoms with van der Waals surface area (Å²) >= 11 is 0. The molecule has 0 amide bonds. The summed E-state index contributed by atoms with van der Waals surface area (Å²) in [6.07, 6.45) is 69.7. The van der Waals surface area contributed by atoms with E-state index in [1.54, 1.807) is 0 Å². The largest absolute Gasteiger partial charge is 0.462 e. The second-order valence-electron chi connectivity index (χ2n) is 24.8. The molecule has 0 fully saturated rings. The van der Waals surface area contributed by atoms with E-state index in [0.717, 1.165) is 69.6 Å². The molecular formula is C69H134O6. The summed E-state index contributed by atoms with van der Waals surface area (Å²) < 4.78 is 17.0. The summed E-state index contributed by atoms with van der Waals surface area (Å²) in [7, 11) is 0. The summed E-state index contributed by atoms with van der Waals surface area (Å²) in [6, 6.07) is 0. The molecule has 0 aromatic heterocycles. The Balaban J connectivity index is 4.27. The molecular weight excluding hydrogens is 925 g/mol. The van der Waals surface area contributed by atoms with Gasteiger partial charge in [0, 0.05) is 19.3 Å². The minimum atomic E-state index is -0.764. The molecule has 0 heterocycles. The fraction of sp³-hybridized carbons (Fsp3) is 0.957. The first-order chi connectivity index (χ1) is 36.7. The molecule has 0 aliphatic heterocycles. The van der Waals surface area contributed by atoms with Gasteiger partial charge in [-0.1, -0.05) is 356 Å². The number of carbonyl (C=O) groups excluding carboxylic acids is 3. The SMILES string of the molecule is CCCCCCCCCCCCCCCCCCCCCC(=O)O[C@H](COC(=O)CCCCCCCCCCCCCCCCCCCCC(C)C)COC(=O)CCCCCCCCCCCCCCCCC(C)C. The van der Waals surface area contributed by atoms with Gasteiger partial charge in [-0.2, -0.15) is 0 Å². The normalized spacial score (nSPS) is 12.0. The molecule has 6 nitrogen and oxygen atoms in total. The Morgan fingerprint density at radius 1 is 0.253 bits per heavy atom. The average Bonchev–Trinajstić information content (AvgIpc) is 3.39. The molecule has 0 aliphatic rings. The minimum Gasteiger partial charge on any atom is -0.462 e. The van der Waals surface area contributed by atoms with Crippen LogP contribution in [0.25, 0.3) is 0 Å². The van der Waals surface area contributed by atoms with Crippen molar-refractivity contribution >= 4 is 17.9 Å². The summed E-state index contributed by atoms with van der Waals surface area (Å²) in [5, 5.41) is 0. The molecule has 0 aromatic rings. The maximum absolute atomic E-state index is 12.9. The fourth-order valence-corrected chi connectivity index (χ4v) is 10.8. The lowest BCUT2D eigenvalue weighted by atomic mass is 10.0. The molecule has 0 bridgehead atoms. The van der Waals surface area contributed by atoms with Crippen LogP contribution in [0.2, 0.25) is 0 Å². The van der Waals surface area contributed by atoms with Crippen molar-refractivity contribution in [3.63, 3.8) is 0 Å². The van der Waals surface area contributed by atoms with Gasteiger partial charge >= 0.3 is 17.9 Å². The lowest BCUT2D eigenvalue weighted by Gasteiger charge is -2.18. The number of rotatable bonds is 63. The van der Waals surface area contributed by atoms with Crippen molar-refractivity contribution in [2.75, 3.05) is 13.2 Å².